The molecule has 0 heterocycles. The fourth-order valence-electron chi connectivity index (χ4n) is 14.2. The third-order valence-corrected chi connectivity index (χ3v) is 18.6. The maximum atomic E-state index is 15.9. The van der Waals surface area contributed by atoms with Crippen molar-refractivity contribution in [2.75, 3.05) is 0 Å². The summed E-state index contributed by atoms with van der Waals surface area (Å²) in [5, 5.41) is 78.7. The highest BCUT2D eigenvalue weighted by Gasteiger charge is 2.51. The Labute approximate surface area is 603 Å². The van der Waals surface area contributed by atoms with Gasteiger partial charge in [-0.15, -0.1) is 0 Å². The molecule has 23 nitrogen and oxygen atoms in total. The van der Waals surface area contributed by atoms with Crippen LogP contribution in [0.25, 0.3) is 22.3 Å². The summed E-state index contributed by atoms with van der Waals surface area (Å²) in [5.41, 5.74) is -0.877. The van der Waals surface area contributed by atoms with Crippen LogP contribution in [-0.4, -0.2) is 101 Å². The monoisotopic (exact) mass is 1430 g/mol. The van der Waals surface area contributed by atoms with Gasteiger partial charge in [0.15, 0.2) is 0 Å². The molecule has 12 aromatic rings. The number of rotatable bonds is 22. The lowest BCUT2D eigenvalue weighted by Gasteiger charge is -2.35. The van der Waals surface area contributed by atoms with E-state index in [9.17, 15) is 79.2 Å². The number of benzene rings is 12. The first-order valence-corrected chi connectivity index (χ1v) is 32.3. The van der Waals surface area contributed by atoms with Gasteiger partial charge in [0.1, 0.15) is 46.0 Å². The van der Waals surface area contributed by atoms with Gasteiger partial charge in [-0.1, -0.05) is 121 Å². The molecule has 0 radical (unpaired) electrons. The van der Waals surface area contributed by atoms with Crippen LogP contribution in [0.3, 0.4) is 0 Å². The van der Waals surface area contributed by atoms with Crippen molar-refractivity contribution in [2.45, 2.75) is 10.8 Å². The SMILES string of the molecule is O=C(O)c1ccc(Oc2ccc(C3(c4ccc(Oc5ccc(C(=O)O)c(C(=O)O)c5)cc4)c4ccccc4-c4cccc(C(=O)OC(=O)c5cccc6c5C(c5ccc(Oc7ccc(C(=O)O)c(C(=O)O)c7)cc5)(c5ccc(Oc7ccc(C(=O)O)c(C(=O)O)c7)cc5)c5ccccc5-6)c43)cc2)cc1C(=O)O. The molecule has 0 aliphatic heterocycles. The molecule has 0 atom stereocenters. The Morgan fingerprint density at radius 2 is 0.439 bits per heavy atom. The molecule has 0 spiro atoms. The van der Waals surface area contributed by atoms with Crippen LogP contribution in [-0.2, 0) is 15.6 Å². The Morgan fingerprint density at radius 3 is 0.682 bits per heavy atom. The van der Waals surface area contributed by atoms with E-state index in [-0.39, 0.29) is 57.1 Å². The summed E-state index contributed by atoms with van der Waals surface area (Å²) >= 11 is 0. The molecule has 2 aliphatic carbocycles. The van der Waals surface area contributed by atoms with E-state index in [1.54, 1.807) is 146 Å². The van der Waals surface area contributed by atoms with Crippen LogP contribution >= 0.6 is 0 Å². The number of fused-ring (bicyclic) bond motifs is 6. The summed E-state index contributed by atoms with van der Waals surface area (Å²) in [7, 11) is 0. The van der Waals surface area contributed by atoms with Gasteiger partial charge in [-0.2, -0.15) is 0 Å². The topological polar surface area (TPSA) is 379 Å². The Bertz CT molecular complexity index is 5200. The second kappa shape index (κ2) is 27.3. The maximum Gasteiger partial charge on any atom is 0.346 e. The van der Waals surface area contributed by atoms with E-state index in [2.05, 4.69) is 0 Å². The number of ether oxygens (including phenoxy) is 5. The van der Waals surface area contributed by atoms with Crippen LogP contribution in [0.4, 0.5) is 0 Å². The number of carbonyl (C=O) groups excluding carboxylic acids is 2. The molecule has 0 amide bonds. The average Bonchev–Trinajstić information content (AvgIpc) is 1.55. The standard InChI is InChI=1S/C84H50O23/c85-73(86)59-35-31-51(39-65(59)77(93)94)103-47-23-15-43(16-24-47)83(44-17-25-48(26-18-44)104-52-32-36-60(74(87)88)66(40-52)78(95)96)69-13-3-1-7-55(69)57-9-5-11-63(71(57)83)81(101)107-82(102)64-12-6-10-58-56-8-2-4-14-70(56)84(72(58)64,45-19-27-49(28-20-45)105-53-33-37-61(75(89)90)67(41-53)79(97)98)46-21-29-50(30-22-46)106-54-34-38-62(76(91)92)68(42-54)80(99)100/h1-42H,(H,85,86)(H,87,88)(H,89,90)(H,91,92)(H,93,94)(H,95,96)(H,97,98)(H,99,100). The van der Waals surface area contributed by atoms with Crippen molar-refractivity contribution in [3.05, 3.63) is 355 Å². The average molecular weight is 1430 g/mol. The molecule has 2 aliphatic rings. The van der Waals surface area contributed by atoms with Crippen molar-refractivity contribution >= 4 is 59.7 Å². The lowest BCUT2D eigenvalue weighted by Crippen LogP contribution is -2.32. The Morgan fingerprint density at radius 1 is 0.215 bits per heavy atom. The molecule has 0 aromatic heterocycles. The zero-order valence-electron chi connectivity index (χ0n) is 55.0. The van der Waals surface area contributed by atoms with E-state index in [0.29, 0.717) is 66.8 Å². The van der Waals surface area contributed by atoms with E-state index in [1.807, 2.05) is 24.3 Å². The lowest BCUT2D eigenvalue weighted by molar-refractivity contribution is 0.0391. The summed E-state index contributed by atoms with van der Waals surface area (Å²) in [5.74, 6) is -13.4. The summed E-state index contributed by atoms with van der Waals surface area (Å²) in [6.07, 6.45) is 0. The summed E-state index contributed by atoms with van der Waals surface area (Å²) < 4.78 is 30.9. The van der Waals surface area contributed by atoms with Crippen molar-refractivity contribution < 1.29 is 112 Å². The molecule has 0 saturated carbocycles. The van der Waals surface area contributed by atoms with E-state index >= 15 is 9.59 Å². The van der Waals surface area contributed by atoms with E-state index in [0.717, 1.165) is 48.5 Å². The van der Waals surface area contributed by atoms with Gasteiger partial charge in [-0.25, -0.2) is 47.9 Å². The summed E-state index contributed by atoms with van der Waals surface area (Å²) in [6, 6.07) is 64.9. The van der Waals surface area contributed by atoms with E-state index in [4.69, 9.17) is 23.7 Å². The predicted molar refractivity (Wildman–Crippen MR) is 379 cm³/mol. The van der Waals surface area contributed by atoms with Gasteiger partial charge in [-0.3, -0.25) is 0 Å². The fraction of sp³-hybridized carbons (Fsp3) is 0.0238. The minimum atomic E-state index is -1.53. The van der Waals surface area contributed by atoms with Gasteiger partial charge in [0.05, 0.1) is 66.5 Å². The second-order valence-corrected chi connectivity index (χ2v) is 24.5. The third kappa shape index (κ3) is 12.1. The predicted octanol–water partition coefficient (Wildman–Crippen LogP) is 16.2. The molecule has 14 rings (SSSR count). The largest absolute Gasteiger partial charge is 0.478 e. The zero-order valence-corrected chi connectivity index (χ0v) is 55.0. The minimum Gasteiger partial charge on any atom is -0.478 e. The molecule has 0 saturated heterocycles. The van der Waals surface area contributed by atoms with Crippen molar-refractivity contribution in [3.63, 3.8) is 0 Å². The molecular formula is C84H50O23. The normalized spacial score (nSPS) is 12.4. The first-order valence-electron chi connectivity index (χ1n) is 32.3. The number of hydrogen-bond acceptors (Lipinski definition) is 15. The van der Waals surface area contributed by atoms with Crippen molar-refractivity contribution in [1.82, 2.24) is 0 Å². The Balaban J connectivity index is 0.895. The van der Waals surface area contributed by atoms with Gasteiger partial charge in [-0.05, 0) is 200 Å². The number of hydrogen-bond donors (Lipinski definition) is 8. The van der Waals surface area contributed by atoms with Crippen molar-refractivity contribution in [3.8, 4) is 68.2 Å². The smallest absolute Gasteiger partial charge is 0.346 e. The number of carboxylic acids is 8. The molecule has 524 valence electrons. The quantitative estimate of drug-likeness (QED) is 0.0231. The van der Waals surface area contributed by atoms with Crippen LogP contribution in [0.5, 0.6) is 46.0 Å². The first kappa shape index (κ1) is 68.9. The summed E-state index contributed by atoms with van der Waals surface area (Å²) in [4.78, 5) is 129. The van der Waals surface area contributed by atoms with Crippen LogP contribution in [0.15, 0.2) is 255 Å². The molecule has 107 heavy (non-hydrogen) atoms. The van der Waals surface area contributed by atoms with Crippen molar-refractivity contribution in [1.29, 1.82) is 0 Å². The zero-order chi connectivity index (χ0) is 75.3. The lowest BCUT2D eigenvalue weighted by atomic mass is 9.66. The molecular weight excluding hydrogens is 1380 g/mol. The highest BCUT2D eigenvalue weighted by Crippen LogP contribution is 2.60. The molecule has 0 fully saturated rings. The van der Waals surface area contributed by atoms with Gasteiger partial charge >= 0.3 is 59.7 Å². The van der Waals surface area contributed by atoms with Gasteiger partial charge in [0.25, 0.3) is 0 Å². The van der Waals surface area contributed by atoms with Crippen LogP contribution in [0, 0.1) is 0 Å². The minimum absolute atomic E-state index is 0.00837. The van der Waals surface area contributed by atoms with Crippen LogP contribution < -0.4 is 18.9 Å². The van der Waals surface area contributed by atoms with Gasteiger partial charge in [0, 0.05) is 0 Å². The first-order chi connectivity index (χ1) is 51.4. The molecule has 12 aromatic carbocycles. The molecule has 8 N–H and O–H groups in total. The highest BCUT2D eigenvalue weighted by molar-refractivity contribution is 6.09. The summed E-state index contributed by atoms with van der Waals surface area (Å²) in [6.45, 7) is 0. The molecule has 0 bridgehead atoms. The van der Waals surface area contributed by atoms with Crippen LogP contribution in [0.1, 0.15) is 148 Å². The van der Waals surface area contributed by atoms with E-state index < -0.39 is 115 Å². The maximum absolute atomic E-state index is 15.9. The fourth-order valence-corrected chi connectivity index (χ4v) is 14.2. The van der Waals surface area contributed by atoms with Crippen LogP contribution in [0.2, 0.25) is 0 Å². The number of esters is 2. The van der Waals surface area contributed by atoms with Gasteiger partial charge in [0.2, 0.25) is 0 Å². The third-order valence-electron chi connectivity index (χ3n) is 18.6. The molecule has 23 heteroatoms. The number of aromatic carboxylic acids is 8. The van der Waals surface area contributed by atoms with Gasteiger partial charge < -0.3 is 64.5 Å². The second-order valence-electron chi connectivity index (χ2n) is 24.5. The number of carbonyl (C=O) groups is 10. The Hall–Kier alpha value is -15.3. The van der Waals surface area contributed by atoms with Crippen molar-refractivity contribution in [2.24, 2.45) is 0 Å². The number of carboxylic acid groups (broad SMARTS) is 8. The molecule has 0 unspecified atom stereocenters. The van der Waals surface area contributed by atoms with E-state index in [1.165, 1.54) is 36.4 Å². The highest BCUT2D eigenvalue weighted by atomic mass is 16.6. The Kier molecular flexibility index (Phi) is 17.5.